The molecule has 0 bridgehead atoms. The van der Waals surface area contributed by atoms with E-state index in [4.69, 9.17) is 32.7 Å². The van der Waals surface area contributed by atoms with E-state index >= 15 is 0 Å². The first-order valence-corrected chi connectivity index (χ1v) is 11.5. The Hall–Kier alpha value is -2.44. The molecule has 1 amide bonds. The number of methoxy groups -OCH3 is 1. The molecule has 1 unspecified atom stereocenters. The van der Waals surface area contributed by atoms with Crippen molar-refractivity contribution in [3.8, 4) is 0 Å². The number of nitrogens with one attached hydrogen (secondary N) is 1. The summed E-state index contributed by atoms with van der Waals surface area (Å²) in [6.07, 6.45) is -0.0964. The number of carbonyl (C=O) groups is 2. The van der Waals surface area contributed by atoms with Crippen LogP contribution in [0.5, 0.6) is 0 Å². The maximum atomic E-state index is 12.4. The van der Waals surface area contributed by atoms with Gasteiger partial charge in [0.25, 0.3) is 0 Å². The van der Waals surface area contributed by atoms with Gasteiger partial charge in [0.1, 0.15) is 6.61 Å². The number of amides is 1. The molecule has 0 radical (unpaired) electrons. The maximum Gasteiger partial charge on any atom is 0.407 e. The lowest BCUT2D eigenvalue weighted by atomic mass is 9.98. The highest BCUT2D eigenvalue weighted by atomic mass is 35.5. The summed E-state index contributed by atoms with van der Waals surface area (Å²) in [5.41, 5.74) is 3.94. The SMILES string of the molecule is COC(=O)CC(Cc1cc(N(CCCl)CCCl)ccc1C)NC(=O)OCc1ccccc1. The van der Waals surface area contributed by atoms with Crippen molar-refractivity contribution in [1.29, 1.82) is 0 Å². The van der Waals surface area contributed by atoms with E-state index in [1.807, 2.05) is 49.4 Å². The lowest BCUT2D eigenvalue weighted by Gasteiger charge is -2.25. The molecule has 8 heteroatoms. The summed E-state index contributed by atoms with van der Waals surface area (Å²) in [5.74, 6) is 0.567. The highest BCUT2D eigenvalue weighted by molar-refractivity contribution is 6.18. The summed E-state index contributed by atoms with van der Waals surface area (Å²) < 4.78 is 10.1. The minimum Gasteiger partial charge on any atom is -0.469 e. The zero-order valence-corrected chi connectivity index (χ0v) is 20.0. The first-order valence-electron chi connectivity index (χ1n) is 10.5. The van der Waals surface area contributed by atoms with Crippen LogP contribution in [0.1, 0.15) is 23.1 Å². The van der Waals surface area contributed by atoms with E-state index < -0.39 is 18.1 Å². The molecule has 0 aliphatic carbocycles. The van der Waals surface area contributed by atoms with Crippen LogP contribution in [0, 0.1) is 6.92 Å². The van der Waals surface area contributed by atoms with Crippen LogP contribution in [0.4, 0.5) is 10.5 Å². The average molecular weight is 481 g/mol. The van der Waals surface area contributed by atoms with Crippen LogP contribution in [0.3, 0.4) is 0 Å². The molecule has 0 aromatic heterocycles. The second-order valence-electron chi connectivity index (χ2n) is 7.36. The second kappa shape index (κ2) is 13.9. The number of rotatable bonds is 12. The normalized spacial score (nSPS) is 11.5. The van der Waals surface area contributed by atoms with E-state index in [0.717, 1.165) is 22.4 Å². The molecule has 1 N–H and O–H groups in total. The Morgan fingerprint density at radius 2 is 1.75 bits per heavy atom. The Morgan fingerprint density at radius 1 is 1.06 bits per heavy atom. The van der Waals surface area contributed by atoms with Crippen LogP contribution in [-0.4, -0.2) is 50.1 Å². The number of hydrogen-bond donors (Lipinski definition) is 1. The lowest BCUT2D eigenvalue weighted by Crippen LogP contribution is -2.38. The van der Waals surface area contributed by atoms with Gasteiger partial charge in [0.05, 0.1) is 13.5 Å². The van der Waals surface area contributed by atoms with Crippen LogP contribution >= 0.6 is 23.2 Å². The molecule has 0 heterocycles. The van der Waals surface area contributed by atoms with E-state index in [1.165, 1.54) is 7.11 Å². The predicted octanol–water partition coefficient (Wildman–Crippen LogP) is 4.68. The Labute approximate surface area is 199 Å². The Bertz CT molecular complexity index is 858. The molecule has 6 nitrogen and oxygen atoms in total. The van der Waals surface area contributed by atoms with Gasteiger partial charge in [-0.1, -0.05) is 36.4 Å². The number of esters is 1. The van der Waals surface area contributed by atoms with Crippen LogP contribution in [0.25, 0.3) is 0 Å². The average Bonchev–Trinajstić information content (AvgIpc) is 2.79. The predicted molar refractivity (Wildman–Crippen MR) is 129 cm³/mol. The van der Waals surface area contributed by atoms with E-state index in [2.05, 4.69) is 16.3 Å². The molecular weight excluding hydrogens is 451 g/mol. The van der Waals surface area contributed by atoms with Crippen molar-refractivity contribution in [3.05, 3.63) is 65.2 Å². The molecule has 0 saturated carbocycles. The summed E-state index contributed by atoms with van der Waals surface area (Å²) in [4.78, 5) is 26.5. The third-order valence-corrected chi connectivity index (χ3v) is 5.39. The Balaban J connectivity index is 2.12. The Kier molecular flexibility index (Phi) is 11.2. The molecule has 2 aromatic rings. The summed E-state index contributed by atoms with van der Waals surface area (Å²) >= 11 is 11.9. The smallest absolute Gasteiger partial charge is 0.407 e. The van der Waals surface area contributed by atoms with Gasteiger partial charge in [0.15, 0.2) is 0 Å². The van der Waals surface area contributed by atoms with Gasteiger partial charge in [-0.15, -0.1) is 23.2 Å². The molecule has 0 spiro atoms. The minimum atomic E-state index is -0.581. The number of anilines is 1. The van der Waals surface area contributed by atoms with Crippen molar-refractivity contribution in [3.63, 3.8) is 0 Å². The van der Waals surface area contributed by atoms with Gasteiger partial charge in [-0.3, -0.25) is 4.79 Å². The van der Waals surface area contributed by atoms with Crippen molar-refractivity contribution in [1.82, 2.24) is 5.32 Å². The van der Waals surface area contributed by atoms with Gasteiger partial charge in [-0.25, -0.2) is 4.79 Å². The van der Waals surface area contributed by atoms with Crippen LogP contribution in [0.2, 0.25) is 0 Å². The van der Waals surface area contributed by atoms with Crippen molar-refractivity contribution in [2.75, 3.05) is 36.9 Å². The van der Waals surface area contributed by atoms with Crippen molar-refractivity contribution in [2.45, 2.75) is 32.4 Å². The quantitative estimate of drug-likeness (QED) is 0.352. The minimum absolute atomic E-state index is 0.0354. The molecule has 2 rings (SSSR count). The molecule has 32 heavy (non-hydrogen) atoms. The fourth-order valence-electron chi connectivity index (χ4n) is 3.30. The third-order valence-electron chi connectivity index (χ3n) is 5.05. The van der Waals surface area contributed by atoms with E-state index in [9.17, 15) is 9.59 Å². The zero-order chi connectivity index (χ0) is 23.3. The molecular formula is C24H30Cl2N2O4. The fourth-order valence-corrected chi connectivity index (χ4v) is 3.71. The van der Waals surface area contributed by atoms with Gasteiger partial charge in [-0.05, 0) is 42.2 Å². The second-order valence-corrected chi connectivity index (χ2v) is 8.12. The molecule has 2 aromatic carbocycles. The van der Waals surface area contributed by atoms with E-state index in [0.29, 0.717) is 31.3 Å². The first kappa shape index (κ1) is 25.8. The summed E-state index contributed by atoms with van der Waals surface area (Å²) in [5, 5.41) is 2.81. The monoisotopic (exact) mass is 480 g/mol. The van der Waals surface area contributed by atoms with Crippen molar-refractivity contribution >= 4 is 41.0 Å². The summed E-state index contributed by atoms with van der Waals surface area (Å²) in [7, 11) is 1.33. The van der Waals surface area contributed by atoms with Crippen molar-refractivity contribution < 1.29 is 19.1 Å². The summed E-state index contributed by atoms with van der Waals surface area (Å²) in [6.45, 7) is 3.49. The van der Waals surface area contributed by atoms with E-state index in [-0.39, 0.29) is 13.0 Å². The number of alkyl carbamates (subject to hydrolysis) is 1. The highest BCUT2D eigenvalue weighted by Crippen LogP contribution is 2.22. The number of benzene rings is 2. The third kappa shape index (κ3) is 8.60. The molecule has 174 valence electrons. The van der Waals surface area contributed by atoms with Crippen molar-refractivity contribution in [2.24, 2.45) is 0 Å². The lowest BCUT2D eigenvalue weighted by molar-refractivity contribution is -0.141. The molecule has 0 saturated heterocycles. The number of carbonyl (C=O) groups excluding carboxylic acids is 2. The number of alkyl halides is 2. The molecule has 0 aliphatic heterocycles. The van der Waals surface area contributed by atoms with Gasteiger partial charge >= 0.3 is 12.1 Å². The molecule has 0 fully saturated rings. The number of ether oxygens (including phenoxy) is 2. The summed E-state index contributed by atoms with van der Waals surface area (Å²) in [6, 6.07) is 15.0. The molecule has 0 aliphatic rings. The van der Waals surface area contributed by atoms with Crippen LogP contribution in [-0.2, 0) is 27.3 Å². The number of hydrogen-bond acceptors (Lipinski definition) is 5. The molecule has 1 atom stereocenters. The number of halogens is 2. The van der Waals surface area contributed by atoms with Crippen LogP contribution in [0.15, 0.2) is 48.5 Å². The zero-order valence-electron chi connectivity index (χ0n) is 18.5. The number of aryl methyl sites for hydroxylation is 1. The van der Waals surface area contributed by atoms with Gasteiger partial charge in [-0.2, -0.15) is 0 Å². The maximum absolute atomic E-state index is 12.4. The Morgan fingerprint density at radius 3 is 2.38 bits per heavy atom. The number of nitrogens with zero attached hydrogens (tertiary/aromatic N) is 1. The van der Waals surface area contributed by atoms with Gasteiger partial charge in [0.2, 0.25) is 0 Å². The standard InChI is InChI=1S/C24H30Cl2N2O4/c1-18-8-9-22(28(12-10-25)13-11-26)15-20(18)14-21(16-23(29)31-2)27-24(30)32-17-19-6-4-3-5-7-19/h3-9,15,21H,10-14,16-17H2,1-2H3,(H,27,30). The van der Waals surface area contributed by atoms with Gasteiger partial charge < -0.3 is 19.7 Å². The highest BCUT2D eigenvalue weighted by Gasteiger charge is 2.20. The fraction of sp³-hybridized carbons (Fsp3) is 0.417. The van der Waals surface area contributed by atoms with Crippen LogP contribution < -0.4 is 10.2 Å². The van der Waals surface area contributed by atoms with E-state index in [1.54, 1.807) is 0 Å². The topological polar surface area (TPSA) is 67.9 Å². The first-order chi connectivity index (χ1) is 15.5. The van der Waals surface area contributed by atoms with Gasteiger partial charge in [0, 0.05) is 36.6 Å². The largest absolute Gasteiger partial charge is 0.469 e.